The van der Waals surface area contributed by atoms with E-state index in [1.165, 1.54) is 13.1 Å². The molecule has 0 saturated carbocycles. The Hall–Kier alpha value is -1.40. The van der Waals surface area contributed by atoms with Gasteiger partial charge in [-0.15, -0.1) is 0 Å². The lowest BCUT2D eigenvalue weighted by Crippen LogP contribution is -2.29. The second-order valence-corrected chi connectivity index (χ2v) is 5.32. The summed E-state index contributed by atoms with van der Waals surface area (Å²) in [6.07, 6.45) is 0.127. The summed E-state index contributed by atoms with van der Waals surface area (Å²) < 4.78 is 26.2. The molecule has 1 aromatic rings. The second kappa shape index (κ2) is 5.79. The van der Waals surface area contributed by atoms with Crippen LogP contribution in [0.5, 0.6) is 0 Å². The zero-order chi connectivity index (χ0) is 12.9. The van der Waals surface area contributed by atoms with E-state index in [1.807, 2.05) is 0 Å². The Morgan fingerprint density at radius 3 is 2.53 bits per heavy atom. The highest BCUT2D eigenvalue weighted by molar-refractivity contribution is 7.89. The summed E-state index contributed by atoms with van der Waals surface area (Å²) in [6, 6.07) is 6.71. The highest BCUT2D eigenvalue weighted by Crippen LogP contribution is 2.13. The lowest BCUT2D eigenvalue weighted by Gasteiger charge is -2.08. The van der Waals surface area contributed by atoms with Crippen molar-refractivity contribution < 1.29 is 13.2 Å². The van der Waals surface area contributed by atoms with Gasteiger partial charge in [-0.3, -0.25) is 4.79 Å². The minimum absolute atomic E-state index is 0.0936. The van der Waals surface area contributed by atoms with Gasteiger partial charge in [0.05, 0.1) is 4.90 Å². The van der Waals surface area contributed by atoms with Gasteiger partial charge in [0, 0.05) is 20.0 Å². The molecule has 5 nitrogen and oxygen atoms in total. The maximum Gasteiger partial charge on any atom is 0.240 e. The molecule has 0 aliphatic rings. The third-order valence-electron chi connectivity index (χ3n) is 2.31. The Labute approximate surface area is 101 Å². The average Bonchev–Trinajstić information content (AvgIpc) is 2.28. The lowest BCUT2D eigenvalue weighted by molar-refractivity contribution is -0.120. The van der Waals surface area contributed by atoms with E-state index in [9.17, 15) is 13.2 Å². The number of nitrogens with one attached hydrogen (secondary N) is 2. The first-order chi connectivity index (χ1) is 7.97. The molecule has 0 bridgehead atoms. The van der Waals surface area contributed by atoms with Gasteiger partial charge < -0.3 is 5.32 Å². The molecule has 0 heterocycles. The molecular weight excluding hydrogens is 240 g/mol. The molecule has 94 valence electrons. The minimum atomic E-state index is -3.52. The van der Waals surface area contributed by atoms with E-state index in [4.69, 9.17) is 0 Å². The molecule has 6 heteroatoms. The molecular formula is C11H16N2O3S. The maximum atomic E-state index is 11.9. The monoisotopic (exact) mass is 256 g/mol. The standard InChI is InChI=1S/C11H16N2O3S/c1-9-5-3-4-6-10(9)17(15,16)13-8-7-11(14)12-2/h3-6,13H,7-8H2,1-2H3,(H,12,14). The van der Waals surface area contributed by atoms with Crippen molar-refractivity contribution in [3.8, 4) is 0 Å². The molecule has 0 saturated heterocycles. The molecule has 0 spiro atoms. The normalized spacial score (nSPS) is 11.2. The third-order valence-corrected chi connectivity index (χ3v) is 3.93. The third kappa shape index (κ3) is 3.83. The summed E-state index contributed by atoms with van der Waals surface area (Å²) in [7, 11) is -2.01. The fraction of sp³-hybridized carbons (Fsp3) is 0.364. The lowest BCUT2D eigenvalue weighted by atomic mass is 10.2. The quantitative estimate of drug-likeness (QED) is 0.801. The van der Waals surface area contributed by atoms with Crippen LogP contribution >= 0.6 is 0 Å². The zero-order valence-electron chi connectivity index (χ0n) is 9.86. The van der Waals surface area contributed by atoms with Crippen LogP contribution in [-0.4, -0.2) is 27.9 Å². The van der Waals surface area contributed by atoms with Crippen LogP contribution in [0.1, 0.15) is 12.0 Å². The van der Waals surface area contributed by atoms with Crippen molar-refractivity contribution in [2.45, 2.75) is 18.2 Å². The van der Waals surface area contributed by atoms with Crippen LogP contribution < -0.4 is 10.0 Å². The summed E-state index contributed by atoms with van der Waals surface area (Å²) in [4.78, 5) is 11.2. The predicted molar refractivity (Wildman–Crippen MR) is 65.1 cm³/mol. The molecule has 0 aromatic heterocycles. The number of hydrogen-bond donors (Lipinski definition) is 2. The molecule has 0 radical (unpaired) electrons. The summed E-state index contributed by atoms with van der Waals surface area (Å²) in [5.74, 6) is -0.197. The highest BCUT2D eigenvalue weighted by atomic mass is 32.2. The van der Waals surface area contributed by atoms with Gasteiger partial charge in [-0.05, 0) is 18.6 Å². The van der Waals surface area contributed by atoms with Gasteiger partial charge in [-0.2, -0.15) is 0 Å². The molecule has 1 amide bonds. The van der Waals surface area contributed by atoms with Gasteiger partial charge in [0.25, 0.3) is 0 Å². The highest BCUT2D eigenvalue weighted by Gasteiger charge is 2.15. The van der Waals surface area contributed by atoms with E-state index in [0.717, 1.165) is 0 Å². The first kappa shape index (κ1) is 13.7. The van der Waals surface area contributed by atoms with Crippen LogP contribution in [0.15, 0.2) is 29.2 Å². The molecule has 0 aliphatic carbocycles. The molecule has 1 rings (SSSR count). The molecule has 0 unspecified atom stereocenters. The van der Waals surface area contributed by atoms with E-state index in [-0.39, 0.29) is 23.8 Å². The average molecular weight is 256 g/mol. The van der Waals surface area contributed by atoms with Gasteiger partial charge in [-0.25, -0.2) is 13.1 Å². The topological polar surface area (TPSA) is 75.3 Å². The number of carbonyl (C=O) groups is 1. The number of carbonyl (C=O) groups excluding carboxylic acids is 1. The van der Waals surface area contributed by atoms with Crippen molar-refractivity contribution in [1.82, 2.24) is 10.0 Å². The van der Waals surface area contributed by atoms with Crippen LogP contribution in [0.2, 0.25) is 0 Å². The number of aryl methyl sites for hydroxylation is 1. The second-order valence-electron chi connectivity index (χ2n) is 3.59. The minimum Gasteiger partial charge on any atom is -0.359 e. The van der Waals surface area contributed by atoms with Gasteiger partial charge in [0.1, 0.15) is 0 Å². The van der Waals surface area contributed by atoms with Gasteiger partial charge in [0.15, 0.2) is 0 Å². The van der Waals surface area contributed by atoms with E-state index < -0.39 is 10.0 Å². The Balaban J connectivity index is 2.70. The molecule has 2 N–H and O–H groups in total. The molecule has 0 atom stereocenters. The Bertz CT molecular complexity index is 497. The Kier molecular flexibility index (Phi) is 4.65. The summed E-state index contributed by atoms with van der Waals surface area (Å²) in [5, 5.41) is 2.43. The predicted octanol–water partition coefficient (Wildman–Crippen LogP) is 0.409. The number of benzene rings is 1. The Morgan fingerprint density at radius 2 is 1.94 bits per heavy atom. The fourth-order valence-electron chi connectivity index (χ4n) is 1.36. The van der Waals surface area contributed by atoms with Gasteiger partial charge in [-0.1, -0.05) is 18.2 Å². The van der Waals surface area contributed by atoms with E-state index in [2.05, 4.69) is 10.0 Å². The SMILES string of the molecule is CNC(=O)CCNS(=O)(=O)c1ccccc1C. The van der Waals surface area contributed by atoms with Crippen LogP contribution in [0, 0.1) is 6.92 Å². The van der Waals surface area contributed by atoms with Crippen molar-refractivity contribution in [1.29, 1.82) is 0 Å². The summed E-state index contributed by atoms with van der Waals surface area (Å²) in [5.41, 5.74) is 0.681. The molecule has 0 fully saturated rings. The molecule has 17 heavy (non-hydrogen) atoms. The Morgan fingerprint density at radius 1 is 1.29 bits per heavy atom. The van der Waals surface area contributed by atoms with Gasteiger partial charge in [0.2, 0.25) is 15.9 Å². The van der Waals surface area contributed by atoms with Crippen molar-refractivity contribution in [3.05, 3.63) is 29.8 Å². The smallest absolute Gasteiger partial charge is 0.240 e. The summed E-state index contributed by atoms with van der Waals surface area (Å²) in [6.45, 7) is 1.82. The number of sulfonamides is 1. The number of amides is 1. The van der Waals surface area contributed by atoms with Crippen molar-refractivity contribution in [2.24, 2.45) is 0 Å². The van der Waals surface area contributed by atoms with E-state index in [0.29, 0.717) is 5.56 Å². The molecule has 1 aromatic carbocycles. The van der Waals surface area contributed by atoms with Crippen molar-refractivity contribution >= 4 is 15.9 Å². The number of rotatable bonds is 5. The summed E-state index contributed by atoms with van der Waals surface area (Å²) >= 11 is 0. The molecule has 0 aliphatic heterocycles. The zero-order valence-corrected chi connectivity index (χ0v) is 10.7. The van der Waals surface area contributed by atoms with Crippen LogP contribution in [0.3, 0.4) is 0 Å². The van der Waals surface area contributed by atoms with E-state index >= 15 is 0 Å². The van der Waals surface area contributed by atoms with Gasteiger partial charge >= 0.3 is 0 Å². The van der Waals surface area contributed by atoms with Crippen molar-refractivity contribution in [2.75, 3.05) is 13.6 Å². The van der Waals surface area contributed by atoms with Crippen LogP contribution in [0.4, 0.5) is 0 Å². The first-order valence-electron chi connectivity index (χ1n) is 5.23. The van der Waals surface area contributed by atoms with Crippen LogP contribution in [0.25, 0.3) is 0 Å². The maximum absolute atomic E-state index is 11.9. The van der Waals surface area contributed by atoms with Crippen molar-refractivity contribution in [3.63, 3.8) is 0 Å². The largest absolute Gasteiger partial charge is 0.359 e. The van der Waals surface area contributed by atoms with E-state index in [1.54, 1.807) is 25.1 Å². The number of hydrogen-bond acceptors (Lipinski definition) is 3. The van der Waals surface area contributed by atoms with Crippen LogP contribution in [-0.2, 0) is 14.8 Å². The first-order valence-corrected chi connectivity index (χ1v) is 6.71. The fourth-order valence-corrected chi connectivity index (χ4v) is 2.64.